The van der Waals surface area contributed by atoms with Crippen molar-refractivity contribution in [2.24, 2.45) is 0 Å². The van der Waals surface area contributed by atoms with Gasteiger partial charge in [0.15, 0.2) is 0 Å². The topological polar surface area (TPSA) is 151 Å². The normalized spacial score (nSPS) is 17.2. The number of nitrogens with one attached hydrogen (secondary N) is 1. The Bertz CT molecular complexity index is 312. The van der Waals surface area contributed by atoms with Crippen LogP contribution in [0.5, 0.6) is 0 Å². The zero-order valence-electron chi connectivity index (χ0n) is 10.7. The SMILES string of the molecule is CC(=O)NN(C(C)=O)[C@H](CO)[C@H](O)[C@@H](O)[C@H](O)CO. The number of amides is 2. The van der Waals surface area contributed by atoms with Crippen molar-refractivity contribution in [2.75, 3.05) is 13.2 Å². The van der Waals surface area contributed by atoms with E-state index in [1.807, 2.05) is 0 Å². The molecule has 0 heterocycles. The monoisotopic (exact) mass is 280 g/mol. The van der Waals surface area contributed by atoms with E-state index in [2.05, 4.69) is 5.43 Å². The average molecular weight is 280 g/mol. The molecule has 0 unspecified atom stereocenters. The molecule has 19 heavy (non-hydrogen) atoms. The van der Waals surface area contributed by atoms with E-state index >= 15 is 0 Å². The Morgan fingerprint density at radius 2 is 1.58 bits per heavy atom. The lowest BCUT2D eigenvalue weighted by Crippen LogP contribution is -2.60. The molecular formula is C10H20N2O7. The summed E-state index contributed by atoms with van der Waals surface area (Å²) in [6.45, 7) is 0.628. The molecule has 9 nitrogen and oxygen atoms in total. The minimum atomic E-state index is -1.79. The predicted molar refractivity (Wildman–Crippen MR) is 62.3 cm³/mol. The van der Waals surface area contributed by atoms with Crippen LogP contribution in [-0.2, 0) is 9.59 Å². The zero-order chi connectivity index (χ0) is 15.2. The van der Waals surface area contributed by atoms with Gasteiger partial charge in [0.1, 0.15) is 24.4 Å². The Kier molecular flexibility index (Phi) is 7.49. The highest BCUT2D eigenvalue weighted by Gasteiger charge is 2.36. The highest BCUT2D eigenvalue weighted by Crippen LogP contribution is 2.10. The van der Waals surface area contributed by atoms with Crippen molar-refractivity contribution in [3.63, 3.8) is 0 Å². The first kappa shape index (κ1) is 17.7. The van der Waals surface area contributed by atoms with E-state index in [1.165, 1.54) is 0 Å². The number of rotatable bonds is 6. The Labute approximate surface area is 110 Å². The molecule has 0 rings (SSSR count). The lowest BCUT2D eigenvalue weighted by Gasteiger charge is -2.35. The zero-order valence-corrected chi connectivity index (χ0v) is 10.7. The van der Waals surface area contributed by atoms with Gasteiger partial charge in [-0.15, -0.1) is 0 Å². The lowest BCUT2D eigenvalue weighted by atomic mass is 10.0. The number of nitrogens with zero attached hydrogens (tertiary/aromatic N) is 1. The van der Waals surface area contributed by atoms with E-state index in [-0.39, 0.29) is 0 Å². The third kappa shape index (κ3) is 5.09. The number of carbonyl (C=O) groups is 2. The third-order valence-electron chi connectivity index (χ3n) is 2.46. The van der Waals surface area contributed by atoms with Crippen molar-refractivity contribution in [3.05, 3.63) is 0 Å². The summed E-state index contributed by atoms with van der Waals surface area (Å²) in [5.41, 5.74) is 2.09. The second-order valence-electron chi connectivity index (χ2n) is 4.04. The molecule has 0 bridgehead atoms. The lowest BCUT2D eigenvalue weighted by molar-refractivity contribution is -0.155. The first-order valence-electron chi connectivity index (χ1n) is 5.59. The quantitative estimate of drug-likeness (QED) is 0.274. The molecule has 0 aromatic carbocycles. The van der Waals surface area contributed by atoms with Crippen molar-refractivity contribution < 1.29 is 35.1 Å². The summed E-state index contributed by atoms with van der Waals surface area (Å²) in [5.74, 6) is -1.29. The van der Waals surface area contributed by atoms with Gasteiger partial charge in [-0.2, -0.15) is 0 Å². The van der Waals surface area contributed by atoms with Crippen LogP contribution in [0.2, 0.25) is 0 Å². The van der Waals surface area contributed by atoms with Gasteiger partial charge in [-0.05, 0) is 0 Å². The molecule has 0 aromatic rings. The van der Waals surface area contributed by atoms with E-state index in [0.717, 1.165) is 13.8 Å². The number of hydrazine groups is 1. The van der Waals surface area contributed by atoms with Crippen LogP contribution < -0.4 is 5.43 Å². The van der Waals surface area contributed by atoms with Crippen LogP contribution >= 0.6 is 0 Å². The smallest absolute Gasteiger partial charge is 0.238 e. The summed E-state index contributed by atoms with van der Waals surface area (Å²) < 4.78 is 0. The van der Waals surface area contributed by atoms with Gasteiger partial charge in [0.25, 0.3) is 0 Å². The average Bonchev–Trinajstić information content (AvgIpc) is 2.35. The summed E-state index contributed by atoms with van der Waals surface area (Å²) >= 11 is 0. The van der Waals surface area contributed by atoms with E-state index in [9.17, 15) is 30.0 Å². The van der Waals surface area contributed by atoms with Gasteiger partial charge in [0.05, 0.1) is 13.2 Å². The second kappa shape index (κ2) is 8.02. The minimum absolute atomic E-state index is 0.613. The standard InChI is InChI=1S/C10H20N2O7/c1-5(15)11-12(6(2)16)7(3-13)9(18)10(19)8(17)4-14/h7-10,13-14,17-19H,3-4H2,1-2H3,(H,11,15)/t7-,8-,9+,10+/m1/s1. The van der Waals surface area contributed by atoms with Crippen LogP contribution in [-0.4, -0.2) is 79.9 Å². The summed E-state index contributed by atoms with van der Waals surface area (Å²) in [6.07, 6.45) is -5.20. The van der Waals surface area contributed by atoms with Crippen molar-refractivity contribution in [3.8, 4) is 0 Å². The molecule has 9 heteroatoms. The van der Waals surface area contributed by atoms with Crippen LogP contribution in [0.4, 0.5) is 0 Å². The predicted octanol–water partition coefficient (Wildman–Crippen LogP) is -3.68. The van der Waals surface area contributed by atoms with Gasteiger partial charge < -0.3 is 25.5 Å². The molecule has 0 aromatic heterocycles. The number of hydrogen-bond acceptors (Lipinski definition) is 7. The van der Waals surface area contributed by atoms with Crippen molar-refractivity contribution in [1.29, 1.82) is 0 Å². The molecular weight excluding hydrogens is 260 g/mol. The Morgan fingerprint density at radius 3 is 1.89 bits per heavy atom. The summed E-state index contributed by atoms with van der Waals surface area (Å²) in [6, 6.07) is -1.36. The summed E-state index contributed by atoms with van der Waals surface area (Å²) in [7, 11) is 0. The maximum absolute atomic E-state index is 11.3. The van der Waals surface area contributed by atoms with Crippen molar-refractivity contribution in [2.45, 2.75) is 38.2 Å². The number of carbonyl (C=O) groups excluding carboxylic acids is 2. The number of aliphatic hydroxyl groups is 5. The fourth-order valence-electron chi connectivity index (χ4n) is 1.47. The van der Waals surface area contributed by atoms with Crippen LogP contribution in [0.3, 0.4) is 0 Å². The van der Waals surface area contributed by atoms with Gasteiger partial charge >= 0.3 is 0 Å². The van der Waals surface area contributed by atoms with Crippen LogP contribution in [0.1, 0.15) is 13.8 Å². The maximum atomic E-state index is 11.3. The summed E-state index contributed by atoms with van der Waals surface area (Å²) in [4.78, 5) is 22.3. The third-order valence-corrected chi connectivity index (χ3v) is 2.46. The first-order chi connectivity index (χ1) is 8.76. The molecule has 0 fully saturated rings. The Hall–Kier alpha value is -1.26. The molecule has 0 radical (unpaired) electrons. The minimum Gasteiger partial charge on any atom is -0.394 e. The van der Waals surface area contributed by atoms with Gasteiger partial charge in [0, 0.05) is 13.8 Å². The van der Waals surface area contributed by atoms with Gasteiger partial charge in [-0.1, -0.05) is 0 Å². The molecule has 0 aliphatic heterocycles. The summed E-state index contributed by atoms with van der Waals surface area (Å²) in [5, 5.41) is 47.0. The Morgan fingerprint density at radius 1 is 1.05 bits per heavy atom. The van der Waals surface area contributed by atoms with Gasteiger partial charge in [0.2, 0.25) is 11.8 Å². The molecule has 0 aliphatic rings. The largest absolute Gasteiger partial charge is 0.394 e. The number of hydrogen-bond donors (Lipinski definition) is 6. The van der Waals surface area contributed by atoms with Gasteiger partial charge in [-0.3, -0.25) is 15.0 Å². The number of aliphatic hydroxyl groups excluding tert-OH is 5. The fourth-order valence-corrected chi connectivity index (χ4v) is 1.47. The molecule has 0 saturated heterocycles. The molecule has 4 atom stereocenters. The molecule has 2 amide bonds. The molecule has 112 valence electrons. The highest BCUT2D eigenvalue weighted by molar-refractivity contribution is 5.79. The van der Waals surface area contributed by atoms with Crippen LogP contribution in [0.25, 0.3) is 0 Å². The maximum Gasteiger partial charge on any atom is 0.238 e. The van der Waals surface area contributed by atoms with E-state index < -0.39 is 49.4 Å². The molecule has 0 spiro atoms. The molecule has 0 saturated carbocycles. The molecule has 0 aliphatic carbocycles. The van der Waals surface area contributed by atoms with Crippen LogP contribution in [0.15, 0.2) is 0 Å². The fraction of sp³-hybridized carbons (Fsp3) is 0.800. The van der Waals surface area contributed by atoms with Crippen molar-refractivity contribution in [1.82, 2.24) is 10.4 Å². The van der Waals surface area contributed by atoms with Gasteiger partial charge in [-0.25, -0.2) is 5.01 Å². The molecule has 6 N–H and O–H groups in total. The van der Waals surface area contributed by atoms with E-state index in [1.54, 1.807) is 0 Å². The van der Waals surface area contributed by atoms with Crippen molar-refractivity contribution >= 4 is 11.8 Å². The first-order valence-corrected chi connectivity index (χ1v) is 5.59. The van der Waals surface area contributed by atoms with Crippen LogP contribution in [0, 0.1) is 0 Å². The second-order valence-corrected chi connectivity index (χ2v) is 4.04. The van der Waals surface area contributed by atoms with E-state index in [4.69, 9.17) is 5.11 Å². The highest BCUT2D eigenvalue weighted by atomic mass is 16.4. The Balaban J connectivity index is 5.03. The van der Waals surface area contributed by atoms with E-state index in [0.29, 0.717) is 5.01 Å².